The van der Waals surface area contributed by atoms with E-state index >= 15 is 0 Å². The second-order valence-electron chi connectivity index (χ2n) is 7.90. The zero-order valence-electron chi connectivity index (χ0n) is 16.9. The summed E-state index contributed by atoms with van der Waals surface area (Å²) in [4.78, 5) is 0. The van der Waals surface area contributed by atoms with E-state index in [1.807, 2.05) is 0 Å². The van der Waals surface area contributed by atoms with Gasteiger partial charge in [0, 0.05) is 0 Å². The highest BCUT2D eigenvalue weighted by molar-refractivity contribution is 5.27. The molecular weight excluding hydrogens is 320 g/mol. The van der Waals surface area contributed by atoms with Crippen LogP contribution in [-0.4, -0.2) is 22.9 Å². The van der Waals surface area contributed by atoms with Crippen LogP contribution in [0.5, 0.6) is 0 Å². The van der Waals surface area contributed by atoms with Gasteiger partial charge in [-0.1, -0.05) is 95.8 Å². The Hall–Kier alpha value is -0.960. The van der Waals surface area contributed by atoms with Crippen molar-refractivity contribution in [2.45, 2.75) is 109 Å². The molecule has 0 radical (unpaired) electrons. The molecule has 1 rings (SSSR count). The van der Waals surface area contributed by atoms with Crippen molar-refractivity contribution in [3.63, 3.8) is 0 Å². The van der Waals surface area contributed by atoms with Crippen molar-refractivity contribution in [3.05, 3.63) is 0 Å². The molecule has 0 saturated heterocycles. The Labute approximate surface area is 162 Å². The third kappa shape index (κ3) is 13.3. The largest absolute Gasteiger partial charge is 0.384 e. The van der Waals surface area contributed by atoms with Crippen molar-refractivity contribution in [3.8, 4) is 23.7 Å². The molecule has 0 aromatic heterocycles. The Bertz CT molecular complexity index is 448. The molecule has 0 aromatic rings. The molecule has 0 amide bonds. The maximum Gasteiger partial charge on any atom is 0.115 e. The summed E-state index contributed by atoms with van der Waals surface area (Å²) in [7, 11) is 0. The minimum atomic E-state index is -0.567. The third-order valence-electron chi connectivity index (χ3n) is 5.52. The predicted molar refractivity (Wildman–Crippen MR) is 111 cm³/mol. The van der Waals surface area contributed by atoms with E-state index in [-0.39, 0.29) is 6.61 Å². The molecule has 1 aliphatic carbocycles. The number of hydrogen-bond acceptors (Lipinski definition) is 2. The molecule has 2 nitrogen and oxygen atoms in total. The van der Waals surface area contributed by atoms with Gasteiger partial charge in [-0.3, -0.25) is 0 Å². The quantitative estimate of drug-likeness (QED) is 0.300. The van der Waals surface area contributed by atoms with Crippen LogP contribution in [0.2, 0.25) is 0 Å². The third-order valence-corrected chi connectivity index (χ3v) is 5.52. The van der Waals surface area contributed by atoms with Crippen LogP contribution in [0.3, 0.4) is 0 Å². The summed E-state index contributed by atoms with van der Waals surface area (Å²) in [6.45, 7) is 2.10. The molecule has 1 aliphatic rings. The van der Waals surface area contributed by atoms with Gasteiger partial charge in [0.1, 0.15) is 12.7 Å². The van der Waals surface area contributed by atoms with Crippen LogP contribution in [0.4, 0.5) is 0 Å². The van der Waals surface area contributed by atoms with Crippen LogP contribution < -0.4 is 0 Å². The summed E-state index contributed by atoms with van der Waals surface area (Å²) in [5, 5.41) is 18.3. The SMILES string of the molecule is CCCCCCCCCCCCC1CC1CCCC(O)C#CC#CCO. The van der Waals surface area contributed by atoms with Gasteiger partial charge in [0.2, 0.25) is 0 Å². The van der Waals surface area contributed by atoms with Gasteiger partial charge in [0.15, 0.2) is 0 Å². The van der Waals surface area contributed by atoms with Gasteiger partial charge in [-0.2, -0.15) is 0 Å². The Morgan fingerprint density at radius 1 is 0.808 bits per heavy atom. The van der Waals surface area contributed by atoms with E-state index in [0.29, 0.717) is 0 Å². The van der Waals surface area contributed by atoms with Gasteiger partial charge in [-0.05, 0) is 42.9 Å². The standard InChI is InChI=1S/C24H40O2/c1-2-3-4-5-6-7-8-9-10-12-16-22-21-23(22)17-15-19-24(26)18-13-11-14-20-25/h22-26H,2-10,12,15-17,19-21H2,1H3. The summed E-state index contributed by atoms with van der Waals surface area (Å²) in [5.41, 5.74) is 0. The monoisotopic (exact) mass is 360 g/mol. The van der Waals surface area contributed by atoms with Crippen molar-refractivity contribution < 1.29 is 10.2 Å². The maximum atomic E-state index is 9.75. The highest BCUT2D eigenvalue weighted by Crippen LogP contribution is 2.45. The molecule has 0 aliphatic heterocycles. The zero-order valence-corrected chi connectivity index (χ0v) is 16.9. The zero-order chi connectivity index (χ0) is 18.9. The molecule has 2 heteroatoms. The molecule has 148 valence electrons. The Balaban J connectivity index is 1.85. The van der Waals surface area contributed by atoms with Crippen LogP contribution in [-0.2, 0) is 0 Å². The Morgan fingerprint density at radius 2 is 1.38 bits per heavy atom. The fourth-order valence-corrected chi connectivity index (χ4v) is 3.76. The molecule has 2 N–H and O–H groups in total. The van der Waals surface area contributed by atoms with E-state index < -0.39 is 6.10 Å². The minimum Gasteiger partial charge on any atom is -0.384 e. The minimum absolute atomic E-state index is 0.174. The molecule has 3 unspecified atom stereocenters. The topological polar surface area (TPSA) is 40.5 Å². The molecule has 1 saturated carbocycles. The number of aliphatic hydroxyl groups is 2. The fraction of sp³-hybridized carbons (Fsp3) is 0.833. The molecular formula is C24H40O2. The van der Waals surface area contributed by atoms with E-state index in [0.717, 1.165) is 24.7 Å². The predicted octanol–water partition coefficient (Wildman–Crippen LogP) is 5.46. The smallest absolute Gasteiger partial charge is 0.115 e. The number of rotatable bonds is 15. The summed E-state index contributed by atoms with van der Waals surface area (Å²) in [6.07, 6.45) is 19.5. The second-order valence-corrected chi connectivity index (χ2v) is 7.90. The average Bonchev–Trinajstić information content (AvgIpc) is 3.38. The lowest BCUT2D eigenvalue weighted by molar-refractivity contribution is 0.216. The molecule has 3 atom stereocenters. The van der Waals surface area contributed by atoms with Gasteiger partial charge >= 0.3 is 0 Å². The van der Waals surface area contributed by atoms with Gasteiger partial charge < -0.3 is 10.2 Å². The highest BCUT2D eigenvalue weighted by Gasteiger charge is 2.35. The lowest BCUT2D eigenvalue weighted by atomic mass is 10.0. The van der Waals surface area contributed by atoms with Gasteiger partial charge in [-0.15, -0.1) is 0 Å². The molecule has 1 fully saturated rings. The number of hydrogen-bond donors (Lipinski definition) is 2. The van der Waals surface area contributed by atoms with E-state index in [1.165, 1.54) is 83.5 Å². The van der Waals surface area contributed by atoms with Gasteiger partial charge in [0.25, 0.3) is 0 Å². The van der Waals surface area contributed by atoms with Crippen molar-refractivity contribution in [2.24, 2.45) is 11.8 Å². The van der Waals surface area contributed by atoms with Gasteiger partial charge in [-0.25, -0.2) is 0 Å². The summed E-state index contributed by atoms with van der Waals surface area (Å²) in [6, 6.07) is 0. The number of unbranched alkanes of at least 4 members (excludes halogenated alkanes) is 9. The van der Waals surface area contributed by atoms with Crippen LogP contribution >= 0.6 is 0 Å². The Kier molecular flexibility index (Phi) is 14.4. The van der Waals surface area contributed by atoms with E-state index in [4.69, 9.17) is 5.11 Å². The maximum absolute atomic E-state index is 9.75. The molecule has 0 heterocycles. The molecule has 26 heavy (non-hydrogen) atoms. The lowest BCUT2D eigenvalue weighted by Gasteiger charge is -2.04. The van der Waals surface area contributed by atoms with Crippen molar-refractivity contribution in [2.75, 3.05) is 6.61 Å². The molecule has 0 bridgehead atoms. The first-order chi connectivity index (χ1) is 12.8. The number of aliphatic hydroxyl groups excluding tert-OH is 2. The van der Waals surface area contributed by atoms with Gasteiger partial charge in [0.05, 0.1) is 0 Å². The summed E-state index contributed by atoms with van der Waals surface area (Å²) in [5.74, 6) is 12.1. The van der Waals surface area contributed by atoms with Crippen molar-refractivity contribution in [1.29, 1.82) is 0 Å². The van der Waals surface area contributed by atoms with Crippen LogP contribution in [0.15, 0.2) is 0 Å². The van der Waals surface area contributed by atoms with E-state index in [2.05, 4.69) is 30.6 Å². The first-order valence-electron chi connectivity index (χ1n) is 11.0. The summed E-state index contributed by atoms with van der Waals surface area (Å²) >= 11 is 0. The van der Waals surface area contributed by atoms with E-state index in [1.54, 1.807) is 0 Å². The second kappa shape index (κ2) is 16.2. The first-order valence-corrected chi connectivity index (χ1v) is 11.0. The summed E-state index contributed by atoms with van der Waals surface area (Å²) < 4.78 is 0. The normalized spacial score (nSPS) is 19.2. The van der Waals surface area contributed by atoms with Crippen LogP contribution in [0.25, 0.3) is 0 Å². The van der Waals surface area contributed by atoms with E-state index in [9.17, 15) is 5.11 Å². The van der Waals surface area contributed by atoms with Crippen molar-refractivity contribution in [1.82, 2.24) is 0 Å². The van der Waals surface area contributed by atoms with Crippen LogP contribution in [0, 0.1) is 35.5 Å². The van der Waals surface area contributed by atoms with Crippen LogP contribution in [0.1, 0.15) is 103 Å². The average molecular weight is 361 g/mol. The molecule has 0 spiro atoms. The fourth-order valence-electron chi connectivity index (χ4n) is 3.76. The van der Waals surface area contributed by atoms with Crippen molar-refractivity contribution >= 4 is 0 Å². The lowest BCUT2D eigenvalue weighted by Crippen LogP contribution is -2.02. The molecule has 0 aromatic carbocycles. The first kappa shape index (κ1) is 23.1. The Morgan fingerprint density at radius 3 is 2.00 bits per heavy atom. The highest BCUT2D eigenvalue weighted by atomic mass is 16.3.